The molecule has 5 nitrogen and oxygen atoms in total. The van der Waals surface area contributed by atoms with Gasteiger partial charge in [0, 0.05) is 26.8 Å². The van der Waals surface area contributed by atoms with E-state index >= 15 is 0 Å². The summed E-state index contributed by atoms with van der Waals surface area (Å²) in [5.41, 5.74) is -0.138. The number of hydrogen-bond donors (Lipinski definition) is 1. The summed E-state index contributed by atoms with van der Waals surface area (Å²) >= 11 is 0. The Bertz CT molecular complexity index is 716. The summed E-state index contributed by atoms with van der Waals surface area (Å²) in [5.74, 6) is -0.113. The van der Waals surface area contributed by atoms with E-state index in [4.69, 9.17) is 4.74 Å². The Balaban J connectivity index is 1.87. The second kappa shape index (κ2) is 7.87. The molecule has 0 saturated heterocycles. The van der Waals surface area contributed by atoms with Crippen molar-refractivity contribution in [3.8, 4) is 5.75 Å². The van der Waals surface area contributed by atoms with Crippen LogP contribution in [0.25, 0.3) is 0 Å². The van der Waals surface area contributed by atoms with Crippen molar-refractivity contribution >= 4 is 11.7 Å². The monoisotopic (exact) mass is 353 g/mol. The van der Waals surface area contributed by atoms with Crippen molar-refractivity contribution in [3.05, 3.63) is 53.7 Å². The molecule has 1 N–H and O–H groups in total. The van der Waals surface area contributed by atoms with Crippen LogP contribution in [0.2, 0.25) is 0 Å². The lowest BCUT2D eigenvalue weighted by Crippen LogP contribution is -2.28. The van der Waals surface area contributed by atoms with E-state index < -0.39 is 24.3 Å². The highest BCUT2D eigenvalue weighted by atomic mass is 19.4. The Morgan fingerprint density at radius 3 is 2.52 bits per heavy atom. The Labute approximate surface area is 143 Å². The number of para-hydroxylation sites is 1. The zero-order valence-corrected chi connectivity index (χ0v) is 13.8. The number of ether oxygens (including phenoxy) is 1. The molecule has 0 radical (unpaired) electrons. The second-order valence-corrected chi connectivity index (χ2v) is 5.48. The molecule has 0 aliphatic rings. The largest absolute Gasteiger partial charge is 0.483 e. The van der Waals surface area contributed by atoms with E-state index in [0.29, 0.717) is 0 Å². The maximum absolute atomic E-state index is 12.8. The molecule has 1 aromatic carbocycles. The predicted molar refractivity (Wildman–Crippen MR) is 87.3 cm³/mol. The maximum atomic E-state index is 12.8. The van der Waals surface area contributed by atoms with E-state index in [1.165, 1.54) is 18.2 Å². The van der Waals surface area contributed by atoms with Gasteiger partial charge >= 0.3 is 6.18 Å². The lowest BCUT2D eigenvalue weighted by molar-refractivity contribution is -0.139. The highest BCUT2D eigenvalue weighted by Gasteiger charge is 2.34. The number of alkyl halides is 3. The van der Waals surface area contributed by atoms with Crippen molar-refractivity contribution in [3.63, 3.8) is 0 Å². The molecular weight excluding hydrogens is 335 g/mol. The van der Waals surface area contributed by atoms with Gasteiger partial charge in [-0.15, -0.1) is 0 Å². The minimum Gasteiger partial charge on any atom is -0.483 e. The van der Waals surface area contributed by atoms with Crippen molar-refractivity contribution in [1.82, 2.24) is 10.3 Å². The number of rotatable bonds is 6. The van der Waals surface area contributed by atoms with Gasteiger partial charge in [-0.2, -0.15) is 13.2 Å². The smallest absolute Gasteiger partial charge is 0.419 e. The predicted octanol–water partition coefficient (Wildman–Crippen LogP) is 2.86. The van der Waals surface area contributed by atoms with Crippen LogP contribution in [0.4, 0.5) is 19.0 Å². The number of amides is 1. The zero-order chi connectivity index (χ0) is 18.4. The fourth-order valence-corrected chi connectivity index (χ4v) is 2.01. The fourth-order valence-electron chi connectivity index (χ4n) is 2.01. The van der Waals surface area contributed by atoms with E-state index in [9.17, 15) is 18.0 Å². The molecule has 0 fully saturated rings. The highest BCUT2D eigenvalue weighted by Crippen LogP contribution is 2.35. The number of carbonyl (C=O) groups excluding carboxylic acids is 1. The van der Waals surface area contributed by atoms with Gasteiger partial charge in [-0.1, -0.05) is 18.2 Å². The molecule has 0 atom stereocenters. The Morgan fingerprint density at radius 2 is 1.92 bits per heavy atom. The molecule has 2 aromatic rings. The summed E-state index contributed by atoms with van der Waals surface area (Å²) in [6.07, 6.45) is -2.91. The van der Waals surface area contributed by atoms with Crippen molar-refractivity contribution in [1.29, 1.82) is 0 Å². The fraction of sp³-hybridized carbons (Fsp3) is 0.294. The highest BCUT2D eigenvalue weighted by molar-refractivity contribution is 5.77. The van der Waals surface area contributed by atoms with Gasteiger partial charge < -0.3 is 15.0 Å². The minimum atomic E-state index is -4.53. The Morgan fingerprint density at radius 1 is 1.20 bits per heavy atom. The lowest BCUT2D eigenvalue weighted by atomic mass is 10.2. The van der Waals surface area contributed by atoms with Crippen molar-refractivity contribution in [2.45, 2.75) is 12.7 Å². The molecule has 0 saturated carbocycles. The molecular formula is C17H18F3N3O2. The van der Waals surface area contributed by atoms with Gasteiger partial charge in [0.2, 0.25) is 0 Å². The van der Waals surface area contributed by atoms with Gasteiger partial charge in [-0.05, 0) is 23.8 Å². The molecule has 1 heterocycles. The quantitative estimate of drug-likeness (QED) is 0.868. The first-order chi connectivity index (χ1) is 11.8. The van der Waals surface area contributed by atoms with Gasteiger partial charge in [-0.25, -0.2) is 4.98 Å². The summed E-state index contributed by atoms with van der Waals surface area (Å²) in [7, 11) is 3.72. The molecule has 1 amide bonds. The SMILES string of the molecule is CN(C)c1ccc(CNC(=O)COc2ccccc2C(F)(F)F)cn1. The van der Waals surface area contributed by atoms with Gasteiger partial charge in [0.15, 0.2) is 6.61 Å². The van der Waals surface area contributed by atoms with Crippen molar-refractivity contribution in [2.24, 2.45) is 0 Å². The van der Waals surface area contributed by atoms with E-state index in [1.54, 1.807) is 12.3 Å². The molecule has 1 aromatic heterocycles. The number of nitrogens with zero attached hydrogens (tertiary/aromatic N) is 2. The van der Waals surface area contributed by atoms with Crippen LogP contribution in [-0.4, -0.2) is 31.6 Å². The Hall–Kier alpha value is -2.77. The van der Waals surface area contributed by atoms with Crippen LogP contribution < -0.4 is 15.0 Å². The van der Waals surface area contributed by atoms with Crippen LogP contribution in [0.1, 0.15) is 11.1 Å². The Kier molecular flexibility index (Phi) is 5.84. The summed E-state index contributed by atoms with van der Waals surface area (Å²) in [4.78, 5) is 17.8. The standard InChI is InChI=1S/C17H18F3N3O2/c1-23(2)15-8-7-12(9-21-15)10-22-16(24)11-25-14-6-4-3-5-13(14)17(18,19)20/h3-9H,10-11H2,1-2H3,(H,22,24). The van der Waals surface area contributed by atoms with Crippen LogP contribution in [0, 0.1) is 0 Å². The number of aromatic nitrogens is 1. The first-order valence-corrected chi connectivity index (χ1v) is 7.45. The third-order valence-corrected chi connectivity index (χ3v) is 3.31. The number of pyridine rings is 1. The lowest BCUT2D eigenvalue weighted by Gasteiger charge is -2.14. The third kappa shape index (κ3) is 5.37. The van der Waals surface area contributed by atoms with Crippen LogP contribution in [-0.2, 0) is 17.5 Å². The van der Waals surface area contributed by atoms with Crippen molar-refractivity contribution < 1.29 is 22.7 Å². The summed E-state index contributed by atoms with van der Waals surface area (Å²) in [6.45, 7) is -0.292. The number of benzene rings is 1. The molecule has 134 valence electrons. The number of anilines is 1. The van der Waals surface area contributed by atoms with E-state index in [2.05, 4.69) is 10.3 Å². The van der Waals surface area contributed by atoms with Gasteiger partial charge in [0.1, 0.15) is 11.6 Å². The molecule has 0 aliphatic heterocycles. The average Bonchev–Trinajstić information content (AvgIpc) is 2.58. The van der Waals surface area contributed by atoms with E-state index in [0.717, 1.165) is 17.4 Å². The zero-order valence-electron chi connectivity index (χ0n) is 13.8. The van der Waals surface area contributed by atoms with Gasteiger partial charge in [0.05, 0.1) is 5.56 Å². The molecule has 2 rings (SSSR count). The maximum Gasteiger partial charge on any atom is 0.419 e. The summed E-state index contributed by atoms with van der Waals surface area (Å²) < 4.78 is 43.5. The number of halogens is 3. The molecule has 0 bridgehead atoms. The van der Waals surface area contributed by atoms with Crippen molar-refractivity contribution in [2.75, 3.05) is 25.6 Å². The molecule has 8 heteroatoms. The normalized spacial score (nSPS) is 11.1. The topological polar surface area (TPSA) is 54.5 Å². The average molecular weight is 353 g/mol. The van der Waals surface area contributed by atoms with Gasteiger partial charge in [-0.3, -0.25) is 4.79 Å². The van der Waals surface area contributed by atoms with Crippen LogP contribution >= 0.6 is 0 Å². The first kappa shape index (κ1) is 18.6. The van der Waals surface area contributed by atoms with Crippen LogP contribution in [0.3, 0.4) is 0 Å². The number of carbonyl (C=O) groups is 1. The van der Waals surface area contributed by atoms with Gasteiger partial charge in [0.25, 0.3) is 5.91 Å². The third-order valence-electron chi connectivity index (χ3n) is 3.31. The summed E-state index contributed by atoms with van der Waals surface area (Å²) in [5, 5.41) is 2.58. The van der Waals surface area contributed by atoms with Crippen LogP contribution in [0.15, 0.2) is 42.6 Å². The second-order valence-electron chi connectivity index (χ2n) is 5.48. The number of hydrogen-bond acceptors (Lipinski definition) is 4. The first-order valence-electron chi connectivity index (χ1n) is 7.45. The van der Waals surface area contributed by atoms with E-state index in [1.807, 2.05) is 25.1 Å². The van der Waals surface area contributed by atoms with Crippen LogP contribution in [0.5, 0.6) is 5.75 Å². The molecule has 0 unspecified atom stereocenters. The van der Waals surface area contributed by atoms with E-state index in [-0.39, 0.29) is 12.3 Å². The summed E-state index contributed by atoms with van der Waals surface area (Å²) in [6, 6.07) is 8.38. The molecule has 25 heavy (non-hydrogen) atoms. The molecule has 0 spiro atoms. The minimum absolute atomic E-state index is 0.212. The number of nitrogens with one attached hydrogen (secondary N) is 1. The molecule has 0 aliphatic carbocycles.